The molecule has 1 heterocycles. The first kappa shape index (κ1) is 21.0. The molecule has 0 bridgehead atoms. The molecule has 0 saturated carbocycles. The van der Waals surface area contributed by atoms with Crippen LogP contribution in [0.1, 0.15) is 17.2 Å². The van der Waals surface area contributed by atoms with E-state index in [1.807, 2.05) is 0 Å². The van der Waals surface area contributed by atoms with Crippen LogP contribution in [0.25, 0.3) is 5.76 Å². The minimum Gasteiger partial charge on any atom is -0.508 e. The van der Waals surface area contributed by atoms with Crippen molar-refractivity contribution in [3.05, 3.63) is 95.1 Å². The van der Waals surface area contributed by atoms with Crippen LogP contribution in [0.15, 0.2) is 72.3 Å². The predicted molar refractivity (Wildman–Crippen MR) is 112 cm³/mol. The number of Topliss-reactive ketones (excluding diaryl/α,β-unsaturated/α-hetero) is 1. The van der Waals surface area contributed by atoms with Gasteiger partial charge in [0.15, 0.2) is 0 Å². The van der Waals surface area contributed by atoms with Crippen molar-refractivity contribution in [2.24, 2.45) is 0 Å². The lowest BCUT2D eigenvalue weighted by atomic mass is 9.95. The van der Waals surface area contributed by atoms with Crippen LogP contribution in [0, 0.1) is 11.6 Å². The maximum absolute atomic E-state index is 14.6. The van der Waals surface area contributed by atoms with Crippen LogP contribution < -0.4 is 9.64 Å². The quantitative estimate of drug-likeness (QED) is 0.361. The molecule has 4 rings (SSSR count). The molecule has 0 aliphatic carbocycles. The number of phenolic OH excluding ortho intramolecular Hbond substituents is 1. The SMILES string of the molecule is COc1ccc(/C(O)=C2\C(=O)C(=O)N(c3cc(F)ccc3F)C2c2ccc(O)cc2)cc1. The number of ketones is 1. The number of methoxy groups -OCH3 is 1. The molecule has 2 N–H and O–H groups in total. The van der Waals surface area contributed by atoms with Crippen LogP contribution in [0.2, 0.25) is 0 Å². The molecule has 162 valence electrons. The number of phenols is 1. The Labute approximate surface area is 181 Å². The minimum absolute atomic E-state index is 0.0715. The van der Waals surface area contributed by atoms with E-state index in [-0.39, 0.29) is 16.9 Å². The van der Waals surface area contributed by atoms with Crippen molar-refractivity contribution < 1.29 is 33.3 Å². The Hall–Kier alpha value is -4.20. The van der Waals surface area contributed by atoms with Crippen molar-refractivity contribution in [2.45, 2.75) is 6.04 Å². The second kappa shape index (κ2) is 8.14. The molecule has 1 atom stereocenters. The maximum Gasteiger partial charge on any atom is 0.300 e. The summed E-state index contributed by atoms with van der Waals surface area (Å²) in [7, 11) is 1.47. The van der Waals surface area contributed by atoms with Crippen LogP contribution >= 0.6 is 0 Å². The maximum atomic E-state index is 14.6. The first-order chi connectivity index (χ1) is 15.3. The van der Waals surface area contributed by atoms with Crippen LogP contribution in [0.5, 0.6) is 11.5 Å². The van der Waals surface area contributed by atoms with Gasteiger partial charge in [-0.2, -0.15) is 0 Å². The van der Waals surface area contributed by atoms with Gasteiger partial charge >= 0.3 is 0 Å². The van der Waals surface area contributed by atoms with Gasteiger partial charge in [0.2, 0.25) is 0 Å². The highest BCUT2D eigenvalue weighted by Crippen LogP contribution is 2.43. The number of carbonyl (C=O) groups excluding carboxylic acids is 2. The third-order valence-electron chi connectivity index (χ3n) is 5.18. The number of carbonyl (C=O) groups is 2. The summed E-state index contributed by atoms with van der Waals surface area (Å²) < 4.78 is 33.6. The summed E-state index contributed by atoms with van der Waals surface area (Å²) in [6, 6.07) is 12.9. The topological polar surface area (TPSA) is 87.1 Å². The number of nitrogens with zero attached hydrogens (tertiary/aromatic N) is 1. The fourth-order valence-corrected chi connectivity index (χ4v) is 3.63. The molecule has 6 nitrogen and oxygen atoms in total. The van der Waals surface area contributed by atoms with Crippen molar-refractivity contribution in [3.63, 3.8) is 0 Å². The average molecular weight is 437 g/mol. The number of ether oxygens (including phenoxy) is 1. The normalized spacial score (nSPS) is 17.6. The Morgan fingerprint density at radius 3 is 2.25 bits per heavy atom. The molecule has 0 radical (unpaired) electrons. The highest BCUT2D eigenvalue weighted by molar-refractivity contribution is 6.51. The van der Waals surface area contributed by atoms with Gasteiger partial charge in [-0.25, -0.2) is 8.78 Å². The molecule has 1 saturated heterocycles. The van der Waals surface area contributed by atoms with Crippen molar-refractivity contribution >= 4 is 23.1 Å². The molecular formula is C24H17F2NO5. The molecule has 1 aliphatic rings. The van der Waals surface area contributed by atoms with E-state index >= 15 is 0 Å². The Balaban J connectivity index is 1.95. The zero-order valence-corrected chi connectivity index (χ0v) is 16.8. The monoisotopic (exact) mass is 437 g/mol. The molecular weight excluding hydrogens is 420 g/mol. The summed E-state index contributed by atoms with van der Waals surface area (Å²) in [6.45, 7) is 0. The highest BCUT2D eigenvalue weighted by atomic mass is 19.1. The van der Waals surface area contributed by atoms with E-state index in [9.17, 15) is 28.6 Å². The Kier molecular flexibility index (Phi) is 5.36. The number of benzene rings is 3. The lowest BCUT2D eigenvalue weighted by Gasteiger charge is -2.25. The zero-order valence-electron chi connectivity index (χ0n) is 16.8. The average Bonchev–Trinajstić information content (AvgIpc) is 3.06. The van der Waals surface area contributed by atoms with Crippen LogP contribution in [-0.2, 0) is 9.59 Å². The zero-order chi connectivity index (χ0) is 23.0. The van der Waals surface area contributed by atoms with E-state index in [1.165, 1.54) is 43.5 Å². The largest absolute Gasteiger partial charge is 0.508 e. The molecule has 3 aromatic rings. The fourth-order valence-electron chi connectivity index (χ4n) is 3.63. The third-order valence-corrected chi connectivity index (χ3v) is 5.18. The smallest absolute Gasteiger partial charge is 0.300 e. The van der Waals surface area contributed by atoms with Crippen molar-refractivity contribution in [1.29, 1.82) is 0 Å². The van der Waals surface area contributed by atoms with Gasteiger partial charge in [0, 0.05) is 11.6 Å². The van der Waals surface area contributed by atoms with Crippen LogP contribution in [0.3, 0.4) is 0 Å². The molecule has 1 amide bonds. The lowest BCUT2D eigenvalue weighted by molar-refractivity contribution is -0.132. The number of hydrogen-bond acceptors (Lipinski definition) is 5. The minimum atomic E-state index is -1.26. The first-order valence-electron chi connectivity index (χ1n) is 9.51. The molecule has 32 heavy (non-hydrogen) atoms. The highest BCUT2D eigenvalue weighted by Gasteiger charge is 2.47. The third kappa shape index (κ3) is 3.56. The van der Waals surface area contributed by atoms with E-state index in [1.54, 1.807) is 12.1 Å². The summed E-state index contributed by atoms with van der Waals surface area (Å²) >= 11 is 0. The molecule has 0 spiro atoms. The van der Waals surface area contributed by atoms with Crippen molar-refractivity contribution in [2.75, 3.05) is 12.0 Å². The molecule has 1 unspecified atom stereocenters. The number of hydrogen-bond donors (Lipinski definition) is 2. The van der Waals surface area contributed by atoms with Crippen molar-refractivity contribution in [1.82, 2.24) is 0 Å². The molecule has 3 aromatic carbocycles. The van der Waals surface area contributed by atoms with Gasteiger partial charge in [-0.05, 0) is 54.1 Å². The van der Waals surface area contributed by atoms with Crippen LogP contribution in [-0.4, -0.2) is 29.0 Å². The lowest BCUT2D eigenvalue weighted by Crippen LogP contribution is -2.30. The number of aliphatic hydroxyl groups excluding tert-OH is 1. The van der Waals surface area contributed by atoms with Gasteiger partial charge in [0.05, 0.1) is 24.4 Å². The Bertz CT molecular complexity index is 1240. The van der Waals surface area contributed by atoms with E-state index in [2.05, 4.69) is 0 Å². The van der Waals surface area contributed by atoms with Gasteiger partial charge in [0.1, 0.15) is 28.9 Å². The molecule has 0 aromatic heterocycles. The van der Waals surface area contributed by atoms with Crippen LogP contribution in [0.4, 0.5) is 14.5 Å². The molecule has 1 fully saturated rings. The summed E-state index contributed by atoms with van der Waals surface area (Å²) in [5, 5.41) is 20.6. The summed E-state index contributed by atoms with van der Waals surface area (Å²) in [5.41, 5.74) is -0.207. The summed E-state index contributed by atoms with van der Waals surface area (Å²) in [5.74, 6) is -3.94. The first-order valence-corrected chi connectivity index (χ1v) is 9.51. The number of aliphatic hydroxyl groups is 1. The number of halogens is 2. The van der Waals surface area contributed by atoms with Crippen molar-refractivity contribution in [3.8, 4) is 11.5 Å². The van der Waals surface area contributed by atoms with Gasteiger partial charge < -0.3 is 14.9 Å². The van der Waals surface area contributed by atoms with E-state index in [4.69, 9.17) is 4.74 Å². The standard InChI is InChI=1S/C24H17F2NO5/c1-32-17-9-4-14(5-10-17)22(29)20-21(13-2-7-16(28)8-3-13)27(24(31)23(20)30)19-12-15(25)6-11-18(19)26/h2-12,21,28-29H,1H3/b22-20+. The summed E-state index contributed by atoms with van der Waals surface area (Å²) in [4.78, 5) is 26.7. The number of rotatable bonds is 4. The van der Waals surface area contributed by atoms with Gasteiger partial charge in [-0.1, -0.05) is 12.1 Å². The predicted octanol–water partition coefficient (Wildman–Crippen LogP) is 4.31. The van der Waals surface area contributed by atoms with Gasteiger partial charge in [-0.3, -0.25) is 14.5 Å². The fraction of sp³-hybridized carbons (Fsp3) is 0.0833. The molecule has 8 heteroatoms. The number of amides is 1. The van der Waals surface area contributed by atoms with E-state index < -0.39 is 40.8 Å². The van der Waals surface area contributed by atoms with E-state index in [0.717, 1.165) is 23.1 Å². The number of aromatic hydroxyl groups is 1. The van der Waals surface area contributed by atoms with Gasteiger partial charge in [-0.15, -0.1) is 0 Å². The Morgan fingerprint density at radius 1 is 0.969 bits per heavy atom. The Morgan fingerprint density at radius 2 is 1.62 bits per heavy atom. The van der Waals surface area contributed by atoms with E-state index in [0.29, 0.717) is 11.3 Å². The summed E-state index contributed by atoms with van der Waals surface area (Å²) in [6.07, 6.45) is 0. The second-order valence-corrected chi connectivity index (χ2v) is 7.08. The van der Waals surface area contributed by atoms with Gasteiger partial charge in [0.25, 0.3) is 11.7 Å². The second-order valence-electron chi connectivity index (χ2n) is 7.08. The number of anilines is 1. The molecule has 1 aliphatic heterocycles.